The number of oxime groups is 1. The van der Waals surface area contributed by atoms with Crippen LogP contribution < -0.4 is 15.2 Å². The summed E-state index contributed by atoms with van der Waals surface area (Å²) in [6, 6.07) is 5.26. The van der Waals surface area contributed by atoms with Crippen molar-refractivity contribution >= 4 is 23.6 Å². The molecule has 0 bridgehead atoms. The number of ether oxygens (including phenoxy) is 2. The molecule has 2 rings (SSSR count). The molecule has 0 aliphatic carbocycles. The average molecular weight is 323 g/mol. The number of methoxy groups -OCH3 is 1. The molecule has 0 amide bonds. The number of aromatic nitrogens is 2. The molecule has 1 aromatic heterocycles. The number of hydrogen-bond donors (Lipinski definition) is 1. The number of halogens is 1. The molecular weight excluding hydrogens is 308 g/mol. The van der Waals surface area contributed by atoms with Crippen molar-refractivity contribution in [2.75, 3.05) is 20.0 Å². The van der Waals surface area contributed by atoms with E-state index in [9.17, 15) is 0 Å². The van der Waals surface area contributed by atoms with Crippen molar-refractivity contribution < 1.29 is 14.3 Å². The summed E-state index contributed by atoms with van der Waals surface area (Å²) in [5.74, 6) is 1.19. The van der Waals surface area contributed by atoms with E-state index in [-0.39, 0.29) is 18.3 Å². The highest BCUT2D eigenvalue weighted by molar-refractivity contribution is 6.30. The maximum atomic E-state index is 5.99. The molecule has 0 aliphatic rings. The molecule has 2 N–H and O–H groups in total. The molecule has 2 aromatic rings. The van der Waals surface area contributed by atoms with Gasteiger partial charge in [0.05, 0.1) is 13.3 Å². The molecule has 1 aromatic carbocycles. The number of rotatable bonds is 6. The highest BCUT2D eigenvalue weighted by atomic mass is 35.5. The molecule has 116 valence electrons. The topological polar surface area (TPSA) is 91.9 Å². The van der Waals surface area contributed by atoms with Crippen molar-refractivity contribution in [3.8, 4) is 11.6 Å². The van der Waals surface area contributed by atoms with Gasteiger partial charge in [0.2, 0.25) is 5.88 Å². The Balaban J connectivity index is 2.23. The highest BCUT2D eigenvalue weighted by Gasteiger charge is 2.11. The smallest absolute Gasteiger partial charge is 0.228 e. The number of benzene rings is 1. The monoisotopic (exact) mass is 322 g/mol. The van der Waals surface area contributed by atoms with E-state index in [2.05, 4.69) is 20.0 Å². The third-order valence-corrected chi connectivity index (χ3v) is 3.01. The molecule has 22 heavy (non-hydrogen) atoms. The van der Waals surface area contributed by atoms with Gasteiger partial charge in [-0.1, -0.05) is 16.8 Å². The average Bonchev–Trinajstić information content (AvgIpc) is 2.52. The quantitative estimate of drug-likeness (QED) is 0.648. The minimum atomic E-state index is 0.202. The van der Waals surface area contributed by atoms with Gasteiger partial charge in [0.25, 0.3) is 0 Å². The Morgan fingerprint density at radius 3 is 2.86 bits per heavy atom. The zero-order valence-electron chi connectivity index (χ0n) is 12.1. The van der Waals surface area contributed by atoms with Crippen LogP contribution in [0.15, 0.2) is 29.7 Å². The summed E-state index contributed by atoms with van der Waals surface area (Å²) in [5, 5.41) is 4.24. The van der Waals surface area contributed by atoms with Crippen molar-refractivity contribution in [3.05, 3.63) is 40.7 Å². The molecule has 1 heterocycles. The Morgan fingerprint density at radius 1 is 1.32 bits per heavy atom. The Hall–Kier alpha value is -2.54. The molecule has 7 nitrogen and oxygen atoms in total. The molecule has 0 aliphatic heterocycles. The second kappa shape index (κ2) is 7.46. The first kappa shape index (κ1) is 15.8. The lowest BCUT2D eigenvalue weighted by Gasteiger charge is -2.11. The SMILES string of the molecule is CON=Cc1c(N)ncnc1OCc1cc(Cl)ccc1OC. The number of nitrogens with zero attached hydrogens (tertiary/aromatic N) is 3. The lowest BCUT2D eigenvalue weighted by Crippen LogP contribution is -2.06. The Morgan fingerprint density at radius 2 is 2.14 bits per heavy atom. The first-order valence-electron chi connectivity index (χ1n) is 6.28. The van der Waals surface area contributed by atoms with Gasteiger partial charge >= 0.3 is 0 Å². The van der Waals surface area contributed by atoms with Crippen molar-refractivity contribution in [1.82, 2.24) is 9.97 Å². The van der Waals surface area contributed by atoms with E-state index < -0.39 is 0 Å². The van der Waals surface area contributed by atoms with Gasteiger partial charge in [-0.05, 0) is 18.2 Å². The van der Waals surface area contributed by atoms with E-state index in [1.54, 1.807) is 25.3 Å². The summed E-state index contributed by atoms with van der Waals surface area (Å²) in [6.07, 6.45) is 2.70. The van der Waals surface area contributed by atoms with Crippen LogP contribution in [0.2, 0.25) is 5.02 Å². The minimum Gasteiger partial charge on any atom is -0.496 e. The summed E-state index contributed by atoms with van der Waals surface area (Å²) in [6.45, 7) is 0.202. The molecular formula is C14H15ClN4O3. The number of nitrogens with two attached hydrogens (primary N) is 1. The van der Waals surface area contributed by atoms with Gasteiger partial charge in [-0.2, -0.15) is 0 Å². The zero-order valence-corrected chi connectivity index (χ0v) is 12.9. The highest BCUT2D eigenvalue weighted by Crippen LogP contribution is 2.25. The van der Waals surface area contributed by atoms with Gasteiger partial charge in [-0.15, -0.1) is 0 Å². The maximum Gasteiger partial charge on any atom is 0.228 e. The lowest BCUT2D eigenvalue weighted by atomic mass is 10.2. The standard InChI is InChI=1S/C14H15ClN4O3/c1-20-12-4-3-10(15)5-9(12)7-22-14-11(6-19-21-2)13(16)17-8-18-14/h3-6,8H,7H2,1-2H3,(H2,16,17,18). The Labute approximate surface area is 132 Å². The van der Waals surface area contributed by atoms with E-state index in [1.807, 2.05) is 0 Å². The molecule has 0 saturated carbocycles. The first-order valence-corrected chi connectivity index (χ1v) is 6.65. The number of anilines is 1. The van der Waals surface area contributed by atoms with Crippen LogP contribution in [0.5, 0.6) is 11.6 Å². The predicted molar refractivity (Wildman–Crippen MR) is 83.4 cm³/mol. The van der Waals surface area contributed by atoms with E-state index in [4.69, 9.17) is 26.8 Å². The van der Waals surface area contributed by atoms with Crippen LogP contribution in [0.4, 0.5) is 5.82 Å². The third-order valence-electron chi connectivity index (χ3n) is 2.77. The summed E-state index contributed by atoms with van der Waals surface area (Å²) in [7, 11) is 3.00. The van der Waals surface area contributed by atoms with Gasteiger partial charge in [-0.3, -0.25) is 0 Å². The van der Waals surface area contributed by atoms with Crippen LogP contribution in [0, 0.1) is 0 Å². The first-order chi connectivity index (χ1) is 10.7. The fourth-order valence-electron chi connectivity index (χ4n) is 1.74. The van der Waals surface area contributed by atoms with Gasteiger partial charge in [0, 0.05) is 10.6 Å². The number of hydrogen-bond acceptors (Lipinski definition) is 7. The third kappa shape index (κ3) is 3.76. The van der Waals surface area contributed by atoms with Crippen molar-refractivity contribution in [1.29, 1.82) is 0 Å². The second-order valence-corrected chi connectivity index (χ2v) is 4.58. The molecule has 0 unspecified atom stereocenters. The van der Waals surface area contributed by atoms with Crippen LogP contribution in [0.3, 0.4) is 0 Å². The van der Waals surface area contributed by atoms with Crippen LogP contribution in [0.25, 0.3) is 0 Å². The largest absolute Gasteiger partial charge is 0.496 e. The van der Waals surface area contributed by atoms with Gasteiger partial charge in [0.1, 0.15) is 37.2 Å². The fraction of sp³-hybridized carbons (Fsp3) is 0.214. The Bertz CT molecular complexity index is 679. The summed E-state index contributed by atoms with van der Waals surface area (Å²) in [4.78, 5) is 12.6. The van der Waals surface area contributed by atoms with E-state index in [1.165, 1.54) is 19.7 Å². The van der Waals surface area contributed by atoms with Gasteiger partial charge in [-0.25, -0.2) is 9.97 Å². The maximum absolute atomic E-state index is 5.99. The molecule has 0 saturated heterocycles. The molecule has 8 heteroatoms. The zero-order chi connectivity index (χ0) is 15.9. The summed E-state index contributed by atoms with van der Waals surface area (Å²) in [5.41, 5.74) is 7.00. The Kier molecular flexibility index (Phi) is 5.37. The molecule has 0 fully saturated rings. The van der Waals surface area contributed by atoms with Crippen LogP contribution in [-0.2, 0) is 11.4 Å². The molecule has 0 atom stereocenters. The molecule has 0 radical (unpaired) electrons. The minimum absolute atomic E-state index is 0.202. The predicted octanol–water partition coefficient (Wildman–Crippen LogP) is 2.28. The normalized spacial score (nSPS) is 10.7. The summed E-state index contributed by atoms with van der Waals surface area (Å²) < 4.78 is 10.9. The van der Waals surface area contributed by atoms with Crippen LogP contribution >= 0.6 is 11.6 Å². The van der Waals surface area contributed by atoms with Crippen LogP contribution in [0.1, 0.15) is 11.1 Å². The second-order valence-electron chi connectivity index (χ2n) is 4.14. The molecule has 0 spiro atoms. The van der Waals surface area contributed by atoms with Crippen molar-refractivity contribution in [3.63, 3.8) is 0 Å². The van der Waals surface area contributed by atoms with Gasteiger partial charge in [0.15, 0.2) is 0 Å². The summed E-state index contributed by atoms with van der Waals surface area (Å²) >= 11 is 5.99. The fourth-order valence-corrected chi connectivity index (χ4v) is 1.93. The van der Waals surface area contributed by atoms with E-state index in [0.29, 0.717) is 16.3 Å². The van der Waals surface area contributed by atoms with Crippen LogP contribution in [-0.4, -0.2) is 30.4 Å². The lowest BCUT2D eigenvalue weighted by molar-refractivity contribution is 0.215. The van der Waals surface area contributed by atoms with Gasteiger partial charge < -0.3 is 20.0 Å². The van der Waals surface area contributed by atoms with Crippen molar-refractivity contribution in [2.24, 2.45) is 5.16 Å². The van der Waals surface area contributed by atoms with Crippen molar-refractivity contribution in [2.45, 2.75) is 6.61 Å². The van der Waals surface area contributed by atoms with E-state index in [0.717, 1.165) is 5.56 Å². The van der Waals surface area contributed by atoms with E-state index >= 15 is 0 Å². The number of nitrogen functional groups attached to an aromatic ring is 1.